The first kappa shape index (κ1) is 32.1. The molecule has 0 amide bonds. The molecule has 0 aromatic heterocycles. The van der Waals surface area contributed by atoms with Crippen LogP contribution in [0.3, 0.4) is 0 Å². The smallest absolute Gasteiger partial charge is 0.416 e. The largest absolute Gasteiger partial charge is 0.461 e. The summed E-state index contributed by atoms with van der Waals surface area (Å²) in [5.41, 5.74) is 1.46. The van der Waals surface area contributed by atoms with Gasteiger partial charge in [0.1, 0.15) is 6.61 Å². The first-order valence-corrected chi connectivity index (χ1v) is 13.6. The van der Waals surface area contributed by atoms with Gasteiger partial charge in [-0.25, -0.2) is 4.79 Å². The van der Waals surface area contributed by atoms with Crippen LogP contribution in [0.5, 0.6) is 0 Å². The number of hydrogen-bond acceptors (Lipinski definition) is 6. The Morgan fingerprint density at radius 1 is 0.950 bits per heavy atom. The second kappa shape index (κ2) is 14.5. The Balaban J connectivity index is 0.00000220. The van der Waals surface area contributed by atoms with Crippen molar-refractivity contribution in [3.8, 4) is 0 Å². The molecule has 11 heteroatoms. The van der Waals surface area contributed by atoms with Gasteiger partial charge in [0.2, 0.25) is 0 Å². The maximum Gasteiger partial charge on any atom is 0.416 e. The molecular weight excluding hydrogens is 582 g/mol. The minimum Gasteiger partial charge on any atom is -0.461 e. The number of para-hydroxylation sites is 1. The molecule has 3 aromatic carbocycles. The molecule has 1 unspecified atom stereocenters. The summed E-state index contributed by atoms with van der Waals surface area (Å²) in [5, 5.41) is 3.44. The fourth-order valence-corrected chi connectivity index (χ4v) is 6.10. The molecule has 3 aromatic rings. The Morgan fingerprint density at radius 2 is 1.68 bits per heavy atom. The fourth-order valence-electron chi connectivity index (χ4n) is 5.03. The average Bonchev–Trinajstić information content (AvgIpc) is 2.93. The Kier molecular flexibility index (Phi) is 11.6. The highest BCUT2D eigenvalue weighted by molar-refractivity contribution is 7.99. The van der Waals surface area contributed by atoms with Gasteiger partial charge in [-0.2, -0.15) is 13.2 Å². The van der Waals surface area contributed by atoms with Crippen LogP contribution in [0.2, 0.25) is 0 Å². The number of halogens is 5. The number of rotatable bonds is 8. The second-order valence-corrected chi connectivity index (χ2v) is 10.5. The van der Waals surface area contributed by atoms with Crippen LogP contribution in [0.15, 0.2) is 82.6 Å². The van der Waals surface area contributed by atoms with E-state index in [1.807, 2.05) is 47.4 Å². The molecule has 5 rings (SSSR count). The van der Waals surface area contributed by atoms with E-state index in [4.69, 9.17) is 4.74 Å². The number of ether oxygens (including phenoxy) is 1. The summed E-state index contributed by atoms with van der Waals surface area (Å²) < 4.78 is 46.0. The number of nitrogens with one attached hydrogen (secondary N) is 1. The summed E-state index contributed by atoms with van der Waals surface area (Å²) in [7, 11) is 0. The highest BCUT2D eigenvalue weighted by atomic mass is 35.5. The number of alkyl halides is 3. The van der Waals surface area contributed by atoms with Gasteiger partial charge < -0.3 is 15.0 Å². The summed E-state index contributed by atoms with van der Waals surface area (Å²) in [5.74, 6) is -0.323. The van der Waals surface area contributed by atoms with Crippen molar-refractivity contribution in [3.63, 3.8) is 0 Å². The van der Waals surface area contributed by atoms with Crippen LogP contribution in [0.1, 0.15) is 28.8 Å². The number of hydrogen-bond donors (Lipinski definition) is 1. The molecule has 0 aliphatic carbocycles. The van der Waals surface area contributed by atoms with E-state index in [1.54, 1.807) is 18.2 Å². The molecule has 40 heavy (non-hydrogen) atoms. The summed E-state index contributed by atoms with van der Waals surface area (Å²) >= 11 is 1.51. The quantitative estimate of drug-likeness (QED) is 0.274. The predicted molar refractivity (Wildman–Crippen MR) is 158 cm³/mol. The van der Waals surface area contributed by atoms with Gasteiger partial charge in [0.05, 0.1) is 22.5 Å². The standard InChI is InChI=1S/C29H30F3N3O2S.2ClH/c30-29(31,32)22-12-13-27-25(19-22)35(24-10-4-5-11-26(24)38-27)15-6-9-23-20-33-14-16-34(23)17-18-37-28(36)21-7-2-1-3-8-21;;/h1-5,7-8,10-13,19,23,33H,6,9,14-18,20H2;2*1H. The van der Waals surface area contributed by atoms with E-state index in [2.05, 4.69) is 10.2 Å². The summed E-state index contributed by atoms with van der Waals surface area (Å²) in [6, 6.07) is 21.1. The zero-order valence-electron chi connectivity index (χ0n) is 21.7. The van der Waals surface area contributed by atoms with Crippen molar-refractivity contribution in [2.45, 2.75) is 34.9 Å². The van der Waals surface area contributed by atoms with Gasteiger partial charge in [-0.15, -0.1) is 24.8 Å². The number of benzene rings is 3. The van der Waals surface area contributed by atoms with Gasteiger partial charge >= 0.3 is 12.1 Å². The zero-order chi connectivity index (χ0) is 26.5. The zero-order valence-corrected chi connectivity index (χ0v) is 24.2. The molecule has 1 fully saturated rings. The molecule has 0 radical (unpaired) electrons. The van der Waals surface area contributed by atoms with Crippen LogP contribution >= 0.6 is 36.6 Å². The lowest BCUT2D eigenvalue weighted by atomic mass is 10.1. The molecule has 1 N–H and O–H groups in total. The number of piperazine rings is 1. The van der Waals surface area contributed by atoms with Crippen molar-refractivity contribution in [2.75, 3.05) is 44.2 Å². The van der Waals surface area contributed by atoms with Crippen LogP contribution in [-0.4, -0.2) is 56.2 Å². The molecule has 0 spiro atoms. The van der Waals surface area contributed by atoms with Crippen LogP contribution in [-0.2, 0) is 10.9 Å². The Morgan fingerprint density at radius 3 is 2.45 bits per heavy atom. The van der Waals surface area contributed by atoms with E-state index in [1.165, 1.54) is 17.8 Å². The molecule has 216 valence electrons. The monoisotopic (exact) mass is 613 g/mol. The lowest BCUT2D eigenvalue weighted by molar-refractivity contribution is -0.137. The summed E-state index contributed by atoms with van der Waals surface area (Å²) in [6.07, 6.45) is -2.71. The third kappa shape index (κ3) is 7.64. The van der Waals surface area contributed by atoms with Crippen LogP contribution in [0.4, 0.5) is 24.5 Å². The summed E-state index contributed by atoms with van der Waals surface area (Å²) in [6.45, 7) is 4.12. The molecule has 5 nitrogen and oxygen atoms in total. The molecular formula is C29H32Cl2F3N3O2S. The third-order valence-corrected chi connectivity index (χ3v) is 8.10. The van der Waals surface area contributed by atoms with E-state index in [-0.39, 0.29) is 36.8 Å². The maximum absolute atomic E-state index is 13.5. The first-order chi connectivity index (χ1) is 18.4. The normalized spacial score (nSPS) is 16.7. The third-order valence-electron chi connectivity index (χ3n) is 6.97. The number of anilines is 2. The number of nitrogens with zero attached hydrogens (tertiary/aromatic N) is 2. The fraction of sp³-hybridized carbons (Fsp3) is 0.345. The topological polar surface area (TPSA) is 44.8 Å². The van der Waals surface area contributed by atoms with E-state index < -0.39 is 11.7 Å². The van der Waals surface area contributed by atoms with Crippen molar-refractivity contribution in [1.29, 1.82) is 0 Å². The van der Waals surface area contributed by atoms with E-state index in [0.717, 1.165) is 54.0 Å². The number of esters is 1. The molecule has 0 bridgehead atoms. The van der Waals surface area contributed by atoms with Crippen molar-refractivity contribution in [1.82, 2.24) is 10.2 Å². The van der Waals surface area contributed by atoms with Gasteiger partial charge in [-0.1, -0.05) is 42.1 Å². The van der Waals surface area contributed by atoms with E-state index in [9.17, 15) is 18.0 Å². The van der Waals surface area contributed by atoms with Gasteiger partial charge in [0.25, 0.3) is 0 Å². The van der Waals surface area contributed by atoms with E-state index >= 15 is 0 Å². The van der Waals surface area contributed by atoms with E-state index in [0.29, 0.717) is 30.9 Å². The van der Waals surface area contributed by atoms with Crippen molar-refractivity contribution in [3.05, 3.63) is 83.9 Å². The minimum atomic E-state index is -4.39. The molecule has 2 heterocycles. The van der Waals surface area contributed by atoms with Crippen molar-refractivity contribution < 1.29 is 22.7 Å². The maximum atomic E-state index is 13.5. The molecule has 1 saturated heterocycles. The summed E-state index contributed by atoms with van der Waals surface area (Å²) in [4.78, 5) is 18.5. The van der Waals surface area contributed by atoms with Gasteiger partial charge in [-0.3, -0.25) is 4.90 Å². The Bertz CT molecular complexity index is 1270. The predicted octanol–water partition coefficient (Wildman–Crippen LogP) is 7.06. The molecule has 1 atom stereocenters. The number of fused-ring (bicyclic) bond motifs is 2. The lowest BCUT2D eigenvalue weighted by Gasteiger charge is -2.37. The lowest BCUT2D eigenvalue weighted by Crippen LogP contribution is -2.52. The molecule has 2 aliphatic rings. The number of carbonyl (C=O) groups excluding carboxylic acids is 1. The van der Waals surface area contributed by atoms with Crippen LogP contribution in [0, 0.1) is 0 Å². The van der Waals surface area contributed by atoms with Crippen LogP contribution < -0.4 is 10.2 Å². The highest BCUT2D eigenvalue weighted by Gasteiger charge is 2.33. The highest BCUT2D eigenvalue weighted by Crippen LogP contribution is 2.49. The van der Waals surface area contributed by atoms with Gasteiger partial charge in [-0.05, 0) is 55.3 Å². The molecule has 0 saturated carbocycles. The van der Waals surface area contributed by atoms with Gasteiger partial charge in [0.15, 0.2) is 0 Å². The number of carbonyl (C=O) groups is 1. The Hall–Kier alpha value is -2.43. The SMILES string of the molecule is Cl.Cl.O=C(OCCN1CCNCC1CCCN1c2ccccc2Sc2ccc(C(F)(F)F)cc21)c1ccccc1. The average molecular weight is 615 g/mol. The van der Waals surface area contributed by atoms with Gasteiger partial charge in [0, 0.05) is 48.6 Å². The van der Waals surface area contributed by atoms with Crippen molar-refractivity contribution in [2.24, 2.45) is 0 Å². The van der Waals surface area contributed by atoms with Crippen LogP contribution in [0.25, 0.3) is 0 Å². The Labute approximate surface area is 249 Å². The second-order valence-electron chi connectivity index (χ2n) is 9.44. The molecule has 2 aliphatic heterocycles. The first-order valence-electron chi connectivity index (χ1n) is 12.8. The minimum absolute atomic E-state index is 0. The van der Waals surface area contributed by atoms with Crippen molar-refractivity contribution >= 4 is 53.9 Å².